The fourth-order valence-corrected chi connectivity index (χ4v) is 4.86. The average Bonchev–Trinajstić information content (AvgIpc) is 3.03. The van der Waals surface area contributed by atoms with Gasteiger partial charge in [0.2, 0.25) is 15.9 Å². The van der Waals surface area contributed by atoms with Crippen LogP contribution in [0, 0.1) is 6.92 Å². The standard InChI is InChI=1S/C16H20N4O3S/c1-11-8-18-9-12-3-2-4-14(16(11)12)24(22,23)20-6-5-13(10-20)19-15(21)7-17/h2-4,8-9,13H,5-7,10,17H2,1H3,(H,19,21)/t13-/m0/s1. The molecule has 0 aliphatic carbocycles. The lowest BCUT2D eigenvalue weighted by atomic mass is 10.1. The molecule has 3 N–H and O–H groups in total. The zero-order valence-electron chi connectivity index (χ0n) is 13.4. The van der Waals surface area contributed by atoms with Gasteiger partial charge in [0, 0.05) is 42.3 Å². The van der Waals surface area contributed by atoms with Gasteiger partial charge in [-0.15, -0.1) is 0 Å². The van der Waals surface area contributed by atoms with Crippen molar-refractivity contribution < 1.29 is 13.2 Å². The Hall–Kier alpha value is -2.03. The van der Waals surface area contributed by atoms with Gasteiger partial charge in [-0.3, -0.25) is 9.78 Å². The van der Waals surface area contributed by atoms with Crippen molar-refractivity contribution in [1.29, 1.82) is 0 Å². The Bertz CT molecular complexity index is 877. The van der Waals surface area contributed by atoms with Gasteiger partial charge < -0.3 is 11.1 Å². The summed E-state index contributed by atoms with van der Waals surface area (Å²) < 4.78 is 27.6. The predicted molar refractivity (Wildman–Crippen MR) is 90.8 cm³/mol. The van der Waals surface area contributed by atoms with Crippen LogP contribution in [-0.2, 0) is 14.8 Å². The van der Waals surface area contributed by atoms with Gasteiger partial charge >= 0.3 is 0 Å². The molecule has 0 bridgehead atoms. The molecule has 0 unspecified atom stereocenters. The first-order valence-electron chi connectivity index (χ1n) is 7.76. The number of fused-ring (bicyclic) bond motifs is 1. The summed E-state index contributed by atoms with van der Waals surface area (Å²) in [5.41, 5.74) is 6.11. The minimum atomic E-state index is -3.64. The van der Waals surface area contributed by atoms with Crippen LogP contribution in [0.3, 0.4) is 0 Å². The summed E-state index contributed by atoms with van der Waals surface area (Å²) in [7, 11) is -3.64. The molecule has 128 valence electrons. The number of sulfonamides is 1. The summed E-state index contributed by atoms with van der Waals surface area (Å²) in [4.78, 5) is 15.8. The highest BCUT2D eigenvalue weighted by molar-refractivity contribution is 7.89. The molecule has 2 heterocycles. The Morgan fingerprint density at radius 2 is 2.21 bits per heavy atom. The number of aromatic nitrogens is 1. The number of rotatable bonds is 4. The van der Waals surface area contributed by atoms with Crippen molar-refractivity contribution in [2.45, 2.75) is 24.3 Å². The summed E-state index contributed by atoms with van der Waals surface area (Å²) in [6, 6.07) is 4.99. The number of carbonyl (C=O) groups excluding carboxylic acids is 1. The van der Waals surface area contributed by atoms with Gasteiger partial charge in [0.05, 0.1) is 11.4 Å². The molecule has 1 aliphatic heterocycles. The molecule has 3 rings (SSSR count). The van der Waals surface area contributed by atoms with Crippen molar-refractivity contribution in [3.8, 4) is 0 Å². The summed E-state index contributed by atoms with van der Waals surface area (Å²) >= 11 is 0. The van der Waals surface area contributed by atoms with Crippen LogP contribution in [0.25, 0.3) is 10.8 Å². The molecule has 7 nitrogen and oxygen atoms in total. The maximum absolute atomic E-state index is 13.1. The molecule has 2 aromatic rings. The summed E-state index contributed by atoms with van der Waals surface area (Å²) in [5, 5.41) is 4.24. The molecule has 1 atom stereocenters. The lowest BCUT2D eigenvalue weighted by Gasteiger charge is -2.19. The number of pyridine rings is 1. The molecule has 1 aromatic carbocycles. The molecule has 8 heteroatoms. The van der Waals surface area contributed by atoms with E-state index in [0.29, 0.717) is 18.4 Å². The Balaban J connectivity index is 1.94. The van der Waals surface area contributed by atoms with Crippen molar-refractivity contribution in [2.24, 2.45) is 5.73 Å². The van der Waals surface area contributed by atoms with Crippen LogP contribution in [-0.4, -0.2) is 49.3 Å². The maximum atomic E-state index is 13.1. The van der Waals surface area contributed by atoms with E-state index >= 15 is 0 Å². The first-order valence-corrected chi connectivity index (χ1v) is 9.20. The molecular formula is C16H20N4O3S. The van der Waals surface area contributed by atoms with E-state index in [0.717, 1.165) is 10.9 Å². The minimum Gasteiger partial charge on any atom is -0.351 e. The van der Waals surface area contributed by atoms with E-state index in [9.17, 15) is 13.2 Å². The topological polar surface area (TPSA) is 105 Å². The highest BCUT2D eigenvalue weighted by Crippen LogP contribution is 2.29. The maximum Gasteiger partial charge on any atom is 0.243 e. The Labute approximate surface area is 140 Å². The largest absolute Gasteiger partial charge is 0.351 e. The van der Waals surface area contributed by atoms with Crippen LogP contribution in [0.5, 0.6) is 0 Å². The van der Waals surface area contributed by atoms with Crippen LogP contribution in [0.2, 0.25) is 0 Å². The first-order chi connectivity index (χ1) is 11.4. The van der Waals surface area contributed by atoms with Crippen LogP contribution >= 0.6 is 0 Å². The van der Waals surface area contributed by atoms with Gasteiger partial charge in [-0.1, -0.05) is 12.1 Å². The quantitative estimate of drug-likeness (QED) is 0.831. The van der Waals surface area contributed by atoms with Gasteiger partial charge in [0.1, 0.15) is 0 Å². The number of hydrogen-bond donors (Lipinski definition) is 2. The van der Waals surface area contributed by atoms with E-state index in [4.69, 9.17) is 5.73 Å². The molecule has 24 heavy (non-hydrogen) atoms. The molecule has 0 saturated carbocycles. The SMILES string of the molecule is Cc1cncc2cccc(S(=O)(=O)N3CC[C@H](NC(=O)CN)C3)c12. The fraction of sp³-hybridized carbons (Fsp3) is 0.375. The second-order valence-electron chi connectivity index (χ2n) is 5.93. The molecule has 0 radical (unpaired) electrons. The monoisotopic (exact) mass is 348 g/mol. The number of carbonyl (C=O) groups is 1. The van der Waals surface area contributed by atoms with Crippen molar-refractivity contribution in [3.63, 3.8) is 0 Å². The number of nitrogens with two attached hydrogens (primary N) is 1. The van der Waals surface area contributed by atoms with Crippen LogP contribution in [0.1, 0.15) is 12.0 Å². The van der Waals surface area contributed by atoms with Crippen molar-refractivity contribution in [1.82, 2.24) is 14.6 Å². The second kappa shape index (κ2) is 6.46. The molecule has 1 aromatic heterocycles. The number of nitrogens with zero attached hydrogens (tertiary/aromatic N) is 2. The number of aryl methyl sites for hydroxylation is 1. The third-order valence-electron chi connectivity index (χ3n) is 4.25. The smallest absolute Gasteiger partial charge is 0.243 e. The van der Waals surface area contributed by atoms with Gasteiger partial charge in [-0.2, -0.15) is 4.31 Å². The molecule has 1 saturated heterocycles. The van der Waals surface area contributed by atoms with Gasteiger partial charge in [-0.05, 0) is 25.0 Å². The van der Waals surface area contributed by atoms with E-state index in [-0.39, 0.29) is 29.9 Å². The molecule has 0 spiro atoms. The van der Waals surface area contributed by atoms with Crippen molar-refractivity contribution >= 4 is 26.7 Å². The third kappa shape index (κ3) is 3.00. The summed E-state index contributed by atoms with van der Waals surface area (Å²) in [6.45, 7) is 2.38. The summed E-state index contributed by atoms with van der Waals surface area (Å²) in [5.74, 6) is -0.272. The van der Waals surface area contributed by atoms with E-state index in [2.05, 4.69) is 10.3 Å². The number of hydrogen-bond acceptors (Lipinski definition) is 5. The zero-order chi connectivity index (χ0) is 17.3. The van der Waals surface area contributed by atoms with Gasteiger partial charge in [-0.25, -0.2) is 8.42 Å². The molecule has 1 fully saturated rings. The normalized spacial score (nSPS) is 18.8. The minimum absolute atomic E-state index is 0.0984. The Kier molecular flexibility index (Phi) is 4.53. The molecular weight excluding hydrogens is 328 g/mol. The van der Waals surface area contributed by atoms with Gasteiger partial charge in [0.25, 0.3) is 0 Å². The Morgan fingerprint density at radius 1 is 1.42 bits per heavy atom. The lowest BCUT2D eigenvalue weighted by Crippen LogP contribution is -2.41. The fourth-order valence-electron chi connectivity index (χ4n) is 3.08. The van der Waals surface area contributed by atoms with Crippen molar-refractivity contribution in [2.75, 3.05) is 19.6 Å². The molecule has 1 amide bonds. The Morgan fingerprint density at radius 3 is 2.96 bits per heavy atom. The van der Waals surface area contributed by atoms with E-state index in [1.807, 2.05) is 13.0 Å². The van der Waals surface area contributed by atoms with Crippen LogP contribution in [0.15, 0.2) is 35.5 Å². The predicted octanol–water partition coefficient (Wildman–Crippen LogP) is 0.381. The van der Waals surface area contributed by atoms with Gasteiger partial charge in [0.15, 0.2) is 0 Å². The third-order valence-corrected chi connectivity index (χ3v) is 6.16. The van der Waals surface area contributed by atoms with Crippen molar-refractivity contribution in [3.05, 3.63) is 36.2 Å². The van der Waals surface area contributed by atoms with E-state index in [1.54, 1.807) is 24.5 Å². The second-order valence-corrected chi connectivity index (χ2v) is 7.84. The van der Waals surface area contributed by atoms with Crippen LogP contribution < -0.4 is 11.1 Å². The number of benzene rings is 1. The first kappa shape index (κ1) is 16.8. The highest BCUT2D eigenvalue weighted by Gasteiger charge is 2.34. The van der Waals surface area contributed by atoms with E-state index < -0.39 is 10.0 Å². The zero-order valence-corrected chi connectivity index (χ0v) is 14.2. The summed E-state index contributed by atoms with van der Waals surface area (Å²) in [6.07, 6.45) is 3.90. The number of amides is 1. The lowest BCUT2D eigenvalue weighted by molar-refractivity contribution is -0.120. The average molecular weight is 348 g/mol. The van der Waals surface area contributed by atoms with E-state index in [1.165, 1.54) is 4.31 Å². The number of nitrogens with one attached hydrogen (secondary N) is 1. The molecule has 1 aliphatic rings. The highest BCUT2D eigenvalue weighted by atomic mass is 32.2. The van der Waals surface area contributed by atoms with Crippen LogP contribution in [0.4, 0.5) is 0 Å².